The fraction of sp³-hybridized carbons (Fsp3) is 0.951. The molecule has 5 heteroatoms. The summed E-state index contributed by atoms with van der Waals surface area (Å²) in [4.78, 5) is 25.0. The zero-order chi connectivity index (χ0) is 33.6. The molecule has 0 heterocycles. The molecule has 0 aromatic heterocycles. The van der Waals surface area contributed by atoms with Gasteiger partial charge >= 0.3 is 11.9 Å². The number of carbonyl (C=O) groups excluding carboxylic acids is 2. The molecule has 5 nitrogen and oxygen atoms in total. The molecule has 1 unspecified atom stereocenters. The highest BCUT2D eigenvalue weighted by Crippen LogP contribution is 2.14. The first-order valence-corrected chi connectivity index (χ1v) is 20.6. The molecule has 0 bridgehead atoms. The number of ether oxygens (including phenoxy) is 3. The first kappa shape index (κ1) is 44.9. The molecule has 0 aliphatic heterocycles. The fourth-order valence-corrected chi connectivity index (χ4v) is 6.04. The van der Waals surface area contributed by atoms with Crippen LogP contribution in [0.3, 0.4) is 0 Å². The van der Waals surface area contributed by atoms with E-state index in [4.69, 9.17) is 14.2 Å². The van der Waals surface area contributed by atoms with Crippen molar-refractivity contribution in [1.29, 1.82) is 0 Å². The SMILES string of the molecule is CCCCCCCCCCCCCCCC(=O)OCC(COCCCCCCCCCCCC)OC(=O)CCCCCCCCC. The smallest absolute Gasteiger partial charge is 0.306 e. The summed E-state index contributed by atoms with van der Waals surface area (Å²) >= 11 is 0. The first-order valence-electron chi connectivity index (χ1n) is 20.6. The molecule has 0 aliphatic carbocycles. The van der Waals surface area contributed by atoms with Crippen molar-refractivity contribution in [3.8, 4) is 0 Å². The van der Waals surface area contributed by atoms with Crippen LogP contribution in [0.15, 0.2) is 0 Å². The maximum absolute atomic E-state index is 12.5. The van der Waals surface area contributed by atoms with Gasteiger partial charge in [0.2, 0.25) is 0 Å². The van der Waals surface area contributed by atoms with Crippen LogP contribution < -0.4 is 0 Å². The number of hydrogen-bond donors (Lipinski definition) is 0. The third-order valence-corrected chi connectivity index (χ3v) is 9.14. The Morgan fingerprint density at radius 3 is 1.11 bits per heavy atom. The zero-order valence-corrected chi connectivity index (χ0v) is 31.4. The Labute approximate surface area is 287 Å². The van der Waals surface area contributed by atoms with E-state index in [9.17, 15) is 9.59 Å². The molecule has 0 aromatic rings. The molecule has 0 rings (SSSR count). The van der Waals surface area contributed by atoms with Gasteiger partial charge in [-0.2, -0.15) is 0 Å². The Hall–Kier alpha value is -1.10. The molecule has 0 saturated heterocycles. The highest BCUT2D eigenvalue weighted by Gasteiger charge is 2.17. The van der Waals surface area contributed by atoms with Crippen molar-refractivity contribution in [3.63, 3.8) is 0 Å². The lowest BCUT2D eigenvalue weighted by Gasteiger charge is -2.18. The monoisotopic (exact) mass is 653 g/mol. The molecule has 0 radical (unpaired) electrons. The number of unbranched alkanes of at least 4 members (excludes halogenated alkanes) is 27. The van der Waals surface area contributed by atoms with E-state index >= 15 is 0 Å². The number of rotatable bonds is 38. The van der Waals surface area contributed by atoms with Gasteiger partial charge in [-0.25, -0.2) is 0 Å². The highest BCUT2D eigenvalue weighted by atomic mass is 16.6. The van der Waals surface area contributed by atoms with E-state index in [0.29, 0.717) is 26.1 Å². The second kappa shape index (κ2) is 38.3. The van der Waals surface area contributed by atoms with Crippen LogP contribution in [0, 0.1) is 0 Å². The summed E-state index contributed by atoms with van der Waals surface area (Å²) in [5.74, 6) is -0.389. The van der Waals surface area contributed by atoms with Crippen LogP contribution in [0.1, 0.15) is 226 Å². The minimum absolute atomic E-state index is 0.0953. The summed E-state index contributed by atoms with van der Waals surface area (Å²) in [6, 6.07) is 0. The second-order valence-electron chi connectivity index (χ2n) is 13.9. The Bertz CT molecular complexity index is 622. The van der Waals surface area contributed by atoms with Crippen molar-refractivity contribution in [1.82, 2.24) is 0 Å². The summed E-state index contributed by atoms with van der Waals surface area (Å²) in [6.07, 6.45) is 38.1. The molecule has 0 saturated carbocycles. The van der Waals surface area contributed by atoms with E-state index in [-0.39, 0.29) is 18.5 Å². The van der Waals surface area contributed by atoms with Crippen molar-refractivity contribution in [2.45, 2.75) is 232 Å². The van der Waals surface area contributed by atoms with Gasteiger partial charge in [-0.1, -0.05) is 194 Å². The molecule has 46 heavy (non-hydrogen) atoms. The summed E-state index contributed by atoms with van der Waals surface area (Å²) in [7, 11) is 0. The average Bonchev–Trinajstić information content (AvgIpc) is 3.05. The molecular weight excluding hydrogens is 572 g/mol. The van der Waals surface area contributed by atoms with Crippen LogP contribution in [-0.4, -0.2) is 37.9 Å². The lowest BCUT2D eigenvalue weighted by atomic mass is 10.0. The lowest BCUT2D eigenvalue weighted by Crippen LogP contribution is -2.30. The van der Waals surface area contributed by atoms with Gasteiger partial charge < -0.3 is 14.2 Å². The van der Waals surface area contributed by atoms with Crippen LogP contribution in [0.5, 0.6) is 0 Å². The number of hydrogen-bond acceptors (Lipinski definition) is 5. The van der Waals surface area contributed by atoms with Crippen molar-refractivity contribution >= 4 is 11.9 Å². The standard InChI is InChI=1S/C41H80O5/c1-4-7-10-13-16-18-20-21-22-23-26-28-31-34-40(42)45-38-39(46-41(43)35-32-29-25-15-12-9-6-3)37-44-36-33-30-27-24-19-17-14-11-8-5-2/h39H,4-38H2,1-3H3. The van der Waals surface area contributed by atoms with Gasteiger partial charge in [-0.05, 0) is 19.3 Å². The molecule has 0 aromatic carbocycles. The van der Waals surface area contributed by atoms with E-state index in [2.05, 4.69) is 20.8 Å². The fourth-order valence-electron chi connectivity index (χ4n) is 6.04. The molecule has 0 spiro atoms. The van der Waals surface area contributed by atoms with E-state index in [1.807, 2.05) is 0 Å². The molecular formula is C41H80O5. The minimum Gasteiger partial charge on any atom is -0.462 e. The van der Waals surface area contributed by atoms with Gasteiger partial charge in [0, 0.05) is 19.4 Å². The summed E-state index contributed by atoms with van der Waals surface area (Å²) < 4.78 is 17.2. The first-order chi connectivity index (χ1) is 22.6. The zero-order valence-electron chi connectivity index (χ0n) is 31.4. The summed E-state index contributed by atoms with van der Waals surface area (Å²) in [5, 5.41) is 0. The molecule has 0 amide bonds. The van der Waals surface area contributed by atoms with Crippen molar-refractivity contribution in [2.24, 2.45) is 0 Å². The normalized spacial score (nSPS) is 12.0. The van der Waals surface area contributed by atoms with Crippen LogP contribution in [0.2, 0.25) is 0 Å². The lowest BCUT2D eigenvalue weighted by molar-refractivity contribution is -0.163. The maximum Gasteiger partial charge on any atom is 0.306 e. The van der Waals surface area contributed by atoms with Crippen molar-refractivity contribution < 1.29 is 23.8 Å². The van der Waals surface area contributed by atoms with E-state index in [0.717, 1.165) is 32.1 Å². The largest absolute Gasteiger partial charge is 0.462 e. The average molecular weight is 653 g/mol. The van der Waals surface area contributed by atoms with Crippen LogP contribution >= 0.6 is 0 Å². The molecule has 1 atom stereocenters. The summed E-state index contributed by atoms with van der Waals surface area (Å²) in [6.45, 7) is 7.82. The molecule has 274 valence electrons. The Morgan fingerprint density at radius 2 is 0.717 bits per heavy atom. The Balaban J connectivity index is 4.12. The predicted octanol–water partition coefficient (Wildman–Crippen LogP) is 13.0. The van der Waals surface area contributed by atoms with Gasteiger partial charge in [0.05, 0.1) is 6.61 Å². The third kappa shape index (κ3) is 35.7. The molecule has 0 aliphatic rings. The van der Waals surface area contributed by atoms with Gasteiger partial charge in [-0.15, -0.1) is 0 Å². The molecule has 0 N–H and O–H groups in total. The van der Waals surface area contributed by atoms with Crippen LogP contribution in [0.25, 0.3) is 0 Å². The number of esters is 2. The molecule has 0 fully saturated rings. The van der Waals surface area contributed by atoms with Gasteiger partial charge in [0.25, 0.3) is 0 Å². The Morgan fingerprint density at radius 1 is 0.391 bits per heavy atom. The Kier molecular flexibility index (Phi) is 37.4. The van der Waals surface area contributed by atoms with Gasteiger partial charge in [0.1, 0.15) is 6.61 Å². The summed E-state index contributed by atoms with van der Waals surface area (Å²) in [5.41, 5.74) is 0. The van der Waals surface area contributed by atoms with Crippen molar-refractivity contribution in [3.05, 3.63) is 0 Å². The predicted molar refractivity (Wildman–Crippen MR) is 196 cm³/mol. The third-order valence-electron chi connectivity index (χ3n) is 9.14. The maximum atomic E-state index is 12.5. The quantitative estimate of drug-likeness (QED) is 0.0490. The van der Waals surface area contributed by atoms with E-state index in [1.54, 1.807) is 0 Å². The topological polar surface area (TPSA) is 61.8 Å². The van der Waals surface area contributed by atoms with Crippen LogP contribution in [-0.2, 0) is 23.8 Å². The second-order valence-corrected chi connectivity index (χ2v) is 13.9. The van der Waals surface area contributed by atoms with E-state index in [1.165, 1.54) is 161 Å². The van der Waals surface area contributed by atoms with Gasteiger partial charge in [0.15, 0.2) is 6.10 Å². The number of carbonyl (C=O) groups is 2. The highest BCUT2D eigenvalue weighted by molar-refractivity contribution is 5.70. The van der Waals surface area contributed by atoms with Crippen LogP contribution in [0.4, 0.5) is 0 Å². The van der Waals surface area contributed by atoms with Gasteiger partial charge in [-0.3, -0.25) is 9.59 Å². The van der Waals surface area contributed by atoms with E-state index < -0.39 is 6.10 Å². The minimum atomic E-state index is -0.518. The van der Waals surface area contributed by atoms with Crippen molar-refractivity contribution in [2.75, 3.05) is 19.8 Å².